The van der Waals surface area contributed by atoms with E-state index in [-0.39, 0.29) is 5.91 Å². The van der Waals surface area contributed by atoms with E-state index in [1.54, 1.807) is 0 Å². The van der Waals surface area contributed by atoms with Gasteiger partial charge in [-0.2, -0.15) is 0 Å². The molecule has 0 unspecified atom stereocenters. The van der Waals surface area contributed by atoms with Gasteiger partial charge in [0.25, 0.3) is 0 Å². The minimum Gasteiger partial charge on any atom is -0.490 e. The Morgan fingerprint density at radius 2 is 1.95 bits per heavy atom. The second-order valence-corrected chi connectivity index (χ2v) is 4.75. The third kappa shape index (κ3) is 5.09. The molecule has 5 heteroatoms. The van der Waals surface area contributed by atoms with E-state index < -0.39 is 0 Å². The molecule has 0 bridgehead atoms. The monoisotopic (exact) mass is 278 g/mol. The molecule has 0 aliphatic heterocycles. The smallest absolute Gasteiger partial charge is 0.234 e. The molecule has 5 nitrogen and oxygen atoms in total. The molecule has 0 radical (unpaired) electrons. The molecule has 2 rings (SSSR count). The molecule has 1 amide bonds. The van der Waals surface area contributed by atoms with E-state index in [1.807, 2.05) is 31.2 Å². The summed E-state index contributed by atoms with van der Waals surface area (Å²) in [7, 11) is 0. The van der Waals surface area contributed by atoms with Crippen molar-refractivity contribution in [1.82, 2.24) is 10.6 Å². The molecule has 1 aromatic carbocycles. The van der Waals surface area contributed by atoms with Crippen LogP contribution in [0.3, 0.4) is 0 Å². The molecule has 1 fully saturated rings. The highest BCUT2D eigenvalue weighted by molar-refractivity contribution is 5.78. The SMILES string of the molecule is CCOc1ccccc1OCCNCC(=O)NC1CC1. The van der Waals surface area contributed by atoms with Crippen LogP contribution in [0.2, 0.25) is 0 Å². The molecule has 110 valence electrons. The van der Waals surface area contributed by atoms with Crippen LogP contribution in [0.15, 0.2) is 24.3 Å². The summed E-state index contributed by atoms with van der Waals surface area (Å²) >= 11 is 0. The molecular weight excluding hydrogens is 256 g/mol. The predicted molar refractivity (Wildman–Crippen MR) is 77.1 cm³/mol. The number of ether oxygens (including phenoxy) is 2. The zero-order valence-corrected chi connectivity index (χ0v) is 11.9. The first-order valence-corrected chi connectivity index (χ1v) is 7.14. The summed E-state index contributed by atoms with van der Waals surface area (Å²) < 4.78 is 11.1. The van der Waals surface area contributed by atoms with Gasteiger partial charge in [-0.3, -0.25) is 4.79 Å². The van der Waals surface area contributed by atoms with Crippen molar-refractivity contribution in [3.8, 4) is 11.5 Å². The molecular formula is C15H22N2O3. The highest BCUT2D eigenvalue weighted by Gasteiger charge is 2.22. The number of nitrogens with one attached hydrogen (secondary N) is 2. The van der Waals surface area contributed by atoms with E-state index >= 15 is 0 Å². The van der Waals surface area contributed by atoms with Crippen LogP contribution in [-0.2, 0) is 4.79 Å². The topological polar surface area (TPSA) is 59.6 Å². The molecule has 1 saturated carbocycles. The number of carbonyl (C=O) groups excluding carboxylic acids is 1. The van der Waals surface area contributed by atoms with Crippen molar-refractivity contribution in [3.05, 3.63) is 24.3 Å². The van der Waals surface area contributed by atoms with Crippen molar-refractivity contribution in [3.63, 3.8) is 0 Å². The minimum absolute atomic E-state index is 0.0576. The van der Waals surface area contributed by atoms with Gasteiger partial charge in [0.05, 0.1) is 13.2 Å². The molecule has 1 aliphatic carbocycles. The van der Waals surface area contributed by atoms with Crippen LogP contribution >= 0.6 is 0 Å². The Kier molecular flexibility index (Phi) is 5.68. The van der Waals surface area contributed by atoms with E-state index in [0.717, 1.165) is 24.3 Å². The Labute approximate surface area is 119 Å². The average molecular weight is 278 g/mol. The summed E-state index contributed by atoms with van der Waals surface area (Å²) in [6.45, 7) is 4.02. The normalized spacial score (nSPS) is 13.8. The fraction of sp³-hybridized carbons (Fsp3) is 0.533. The van der Waals surface area contributed by atoms with Crippen LogP contribution in [0.25, 0.3) is 0 Å². The standard InChI is InChI=1S/C15H22N2O3/c1-2-19-13-5-3-4-6-14(13)20-10-9-16-11-15(18)17-12-7-8-12/h3-6,12,16H,2,7-11H2,1H3,(H,17,18). The van der Waals surface area contributed by atoms with Crippen LogP contribution in [-0.4, -0.2) is 38.3 Å². The van der Waals surface area contributed by atoms with E-state index in [0.29, 0.717) is 32.3 Å². The molecule has 0 heterocycles. The summed E-state index contributed by atoms with van der Waals surface area (Å²) in [4.78, 5) is 11.4. The van der Waals surface area contributed by atoms with Crippen LogP contribution < -0.4 is 20.1 Å². The third-order valence-electron chi connectivity index (χ3n) is 2.91. The summed E-state index contributed by atoms with van der Waals surface area (Å²) in [5, 5.41) is 5.99. The van der Waals surface area contributed by atoms with Gasteiger partial charge >= 0.3 is 0 Å². The van der Waals surface area contributed by atoms with Gasteiger partial charge in [-0.05, 0) is 31.9 Å². The van der Waals surface area contributed by atoms with Crippen LogP contribution in [0.1, 0.15) is 19.8 Å². The van der Waals surface area contributed by atoms with Gasteiger partial charge < -0.3 is 20.1 Å². The summed E-state index contributed by atoms with van der Waals surface area (Å²) in [6.07, 6.45) is 2.23. The van der Waals surface area contributed by atoms with Gasteiger partial charge in [0.2, 0.25) is 5.91 Å². The van der Waals surface area contributed by atoms with Crippen LogP contribution in [0.4, 0.5) is 0 Å². The third-order valence-corrected chi connectivity index (χ3v) is 2.91. The molecule has 0 aromatic heterocycles. The summed E-state index contributed by atoms with van der Waals surface area (Å²) in [6, 6.07) is 8.01. The van der Waals surface area contributed by atoms with E-state index in [4.69, 9.17) is 9.47 Å². The highest BCUT2D eigenvalue weighted by Crippen LogP contribution is 2.25. The number of benzene rings is 1. The Morgan fingerprint density at radius 1 is 1.25 bits per heavy atom. The van der Waals surface area contributed by atoms with E-state index in [9.17, 15) is 4.79 Å². The zero-order chi connectivity index (χ0) is 14.2. The second kappa shape index (κ2) is 7.75. The zero-order valence-electron chi connectivity index (χ0n) is 11.9. The fourth-order valence-corrected chi connectivity index (χ4v) is 1.79. The lowest BCUT2D eigenvalue weighted by Crippen LogP contribution is -2.36. The Bertz CT molecular complexity index is 433. The quantitative estimate of drug-likeness (QED) is 0.669. The summed E-state index contributed by atoms with van der Waals surface area (Å²) in [5.74, 6) is 1.54. The fourth-order valence-electron chi connectivity index (χ4n) is 1.79. The lowest BCUT2D eigenvalue weighted by molar-refractivity contribution is -0.120. The Hall–Kier alpha value is -1.75. The molecule has 1 aromatic rings. The number of hydrogen-bond acceptors (Lipinski definition) is 4. The molecule has 20 heavy (non-hydrogen) atoms. The van der Waals surface area contributed by atoms with E-state index in [1.165, 1.54) is 0 Å². The first kappa shape index (κ1) is 14.7. The van der Waals surface area contributed by atoms with Crippen molar-refractivity contribution in [2.45, 2.75) is 25.8 Å². The van der Waals surface area contributed by atoms with Crippen LogP contribution in [0, 0.1) is 0 Å². The van der Waals surface area contributed by atoms with Crippen molar-refractivity contribution >= 4 is 5.91 Å². The van der Waals surface area contributed by atoms with Crippen LogP contribution in [0.5, 0.6) is 11.5 Å². The Morgan fingerprint density at radius 3 is 2.60 bits per heavy atom. The lowest BCUT2D eigenvalue weighted by Gasteiger charge is -2.11. The minimum atomic E-state index is 0.0576. The van der Waals surface area contributed by atoms with Gasteiger partial charge in [-0.1, -0.05) is 12.1 Å². The maximum atomic E-state index is 11.4. The maximum absolute atomic E-state index is 11.4. The molecule has 2 N–H and O–H groups in total. The largest absolute Gasteiger partial charge is 0.490 e. The molecule has 0 saturated heterocycles. The number of rotatable bonds is 9. The number of para-hydroxylation sites is 2. The Balaban J connectivity index is 1.61. The highest BCUT2D eigenvalue weighted by atomic mass is 16.5. The van der Waals surface area contributed by atoms with Gasteiger partial charge in [-0.15, -0.1) is 0 Å². The van der Waals surface area contributed by atoms with Gasteiger partial charge in [0.15, 0.2) is 11.5 Å². The van der Waals surface area contributed by atoms with Gasteiger partial charge in [-0.25, -0.2) is 0 Å². The van der Waals surface area contributed by atoms with Crippen molar-refractivity contribution in [2.75, 3.05) is 26.3 Å². The van der Waals surface area contributed by atoms with Crippen molar-refractivity contribution in [2.24, 2.45) is 0 Å². The second-order valence-electron chi connectivity index (χ2n) is 4.75. The number of carbonyl (C=O) groups is 1. The average Bonchev–Trinajstić information content (AvgIpc) is 3.24. The predicted octanol–water partition coefficient (Wildman–Crippen LogP) is 1.33. The molecule has 1 aliphatic rings. The number of hydrogen-bond donors (Lipinski definition) is 2. The van der Waals surface area contributed by atoms with E-state index in [2.05, 4.69) is 10.6 Å². The maximum Gasteiger partial charge on any atom is 0.234 e. The van der Waals surface area contributed by atoms with Crippen molar-refractivity contribution < 1.29 is 14.3 Å². The van der Waals surface area contributed by atoms with Gasteiger partial charge in [0.1, 0.15) is 6.61 Å². The van der Waals surface area contributed by atoms with Gasteiger partial charge in [0, 0.05) is 12.6 Å². The first-order valence-electron chi connectivity index (χ1n) is 7.14. The lowest BCUT2D eigenvalue weighted by atomic mass is 10.3. The summed E-state index contributed by atoms with van der Waals surface area (Å²) in [5.41, 5.74) is 0. The molecule has 0 spiro atoms. The van der Waals surface area contributed by atoms with Crippen molar-refractivity contribution in [1.29, 1.82) is 0 Å². The first-order chi connectivity index (χ1) is 9.79. The molecule has 0 atom stereocenters. The number of amides is 1.